The van der Waals surface area contributed by atoms with Crippen molar-refractivity contribution in [2.75, 3.05) is 36.4 Å². The topological polar surface area (TPSA) is 90.7 Å². The second-order valence-corrected chi connectivity index (χ2v) is 10.1. The number of hydrogen-bond acceptors (Lipinski definition) is 5. The average molecular weight is 530 g/mol. The van der Waals surface area contributed by atoms with Crippen molar-refractivity contribution in [3.63, 3.8) is 0 Å². The molecule has 8 nitrogen and oxygen atoms in total. The van der Waals surface area contributed by atoms with Gasteiger partial charge in [-0.2, -0.15) is 13.2 Å². The van der Waals surface area contributed by atoms with Gasteiger partial charge in [-0.15, -0.1) is 0 Å². The molecule has 1 saturated heterocycles. The van der Waals surface area contributed by atoms with E-state index in [1.54, 1.807) is 59.5 Å². The Kier molecular flexibility index (Phi) is 7.66. The summed E-state index contributed by atoms with van der Waals surface area (Å²) in [5, 5.41) is 5.46. The van der Waals surface area contributed by atoms with E-state index in [1.165, 1.54) is 0 Å². The van der Waals surface area contributed by atoms with Gasteiger partial charge in [0.15, 0.2) is 5.69 Å². The molecule has 1 aromatic heterocycles. The van der Waals surface area contributed by atoms with Crippen molar-refractivity contribution < 1.29 is 27.2 Å². The fraction of sp³-hybridized carbons (Fsp3) is 0.370. The van der Waals surface area contributed by atoms with Gasteiger partial charge in [-0.25, -0.2) is 9.78 Å². The number of rotatable bonds is 4. The molecule has 202 valence electrons. The third-order valence-corrected chi connectivity index (χ3v) is 5.88. The van der Waals surface area contributed by atoms with Crippen LogP contribution in [0.3, 0.4) is 0 Å². The van der Waals surface area contributed by atoms with Gasteiger partial charge in [0.1, 0.15) is 0 Å². The van der Waals surface area contributed by atoms with E-state index in [0.29, 0.717) is 30.9 Å². The number of nitrogens with zero attached hydrogens (tertiary/aromatic N) is 3. The normalized spacial score (nSPS) is 14.7. The quantitative estimate of drug-likeness (QED) is 0.457. The van der Waals surface area contributed by atoms with E-state index in [9.17, 15) is 22.8 Å². The second kappa shape index (κ2) is 10.8. The first-order chi connectivity index (χ1) is 17.9. The summed E-state index contributed by atoms with van der Waals surface area (Å²) in [7, 11) is 0. The molecule has 1 fully saturated rings. The highest BCUT2D eigenvalue weighted by atomic mass is 19.4. The SMILES string of the molecule is CC(C)(C)NC(=O)N1CCCN(c2ccc(NC(=O)c3nc(-c4ccccc4)oc3C(F)(F)F)cc2)CC1. The average Bonchev–Trinajstić information content (AvgIpc) is 3.17. The largest absolute Gasteiger partial charge is 0.452 e. The van der Waals surface area contributed by atoms with Crippen molar-refractivity contribution in [1.82, 2.24) is 15.2 Å². The van der Waals surface area contributed by atoms with E-state index in [-0.39, 0.29) is 17.5 Å². The van der Waals surface area contributed by atoms with Gasteiger partial charge in [-0.3, -0.25) is 4.79 Å². The number of aromatic nitrogens is 1. The van der Waals surface area contributed by atoms with Crippen LogP contribution in [-0.4, -0.2) is 53.5 Å². The first-order valence-electron chi connectivity index (χ1n) is 12.3. The molecule has 3 amide bonds. The molecular formula is C27H30F3N5O3. The fourth-order valence-corrected chi connectivity index (χ4v) is 4.09. The summed E-state index contributed by atoms with van der Waals surface area (Å²) < 4.78 is 45.7. The minimum Gasteiger partial charge on any atom is -0.431 e. The first-order valence-corrected chi connectivity index (χ1v) is 12.3. The van der Waals surface area contributed by atoms with Gasteiger partial charge in [0, 0.05) is 48.7 Å². The molecule has 2 aromatic carbocycles. The fourth-order valence-electron chi connectivity index (χ4n) is 4.09. The van der Waals surface area contributed by atoms with Crippen LogP contribution in [-0.2, 0) is 6.18 Å². The minimum absolute atomic E-state index is 0.0982. The number of amides is 3. The summed E-state index contributed by atoms with van der Waals surface area (Å²) in [6, 6.07) is 14.8. The number of urea groups is 1. The Morgan fingerprint density at radius 2 is 1.61 bits per heavy atom. The van der Waals surface area contributed by atoms with E-state index in [1.807, 2.05) is 20.8 Å². The van der Waals surface area contributed by atoms with Crippen molar-refractivity contribution >= 4 is 23.3 Å². The number of hydrogen-bond donors (Lipinski definition) is 2. The molecule has 11 heteroatoms. The lowest BCUT2D eigenvalue weighted by Gasteiger charge is -2.28. The van der Waals surface area contributed by atoms with Crippen molar-refractivity contribution in [2.45, 2.75) is 38.9 Å². The molecule has 0 atom stereocenters. The van der Waals surface area contributed by atoms with Crippen LogP contribution in [0.4, 0.5) is 29.3 Å². The van der Waals surface area contributed by atoms with Gasteiger partial charge in [0.05, 0.1) is 0 Å². The molecule has 38 heavy (non-hydrogen) atoms. The summed E-state index contributed by atoms with van der Waals surface area (Å²) >= 11 is 0. The molecule has 0 bridgehead atoms. The summed E-state index contributed by atoms with van der Waals surface area (Å²) in [4.78, 5) is 33.0. The first kappa shape index (κ1) is 27.0. The molecule has 2 heterocycles. The number of benzene rings is 2. The number of anilines is 2. The number of oxazole rings is 1. The van der Waals surface area contributed by atoms with E-state index < -0.39 is 23.5 Å². The van der Waals surface area contributed by atoms with Gasteiger partial charge in [-0.1, -0.05) is 18.2 Å². The molecule has 1 aliphatic heterocycles. The number of halogens is 3. The van der Waals surface area contributed by atoms with E-state index >= 15 is 0 Å². The smallest absolute Gasteiger partial charge is 0.431 e. The van der Waals surface area contributed by atoms with E-state index in [2.05, 4.69) is 20.5 Å². The highest BCUT2D eigenvalue weighted by molar-refractivity contribution is 6.04. The number of alkyl halides is 3. The zero-order chi connectivity index (χ0) is 27.5. The van der Waals surface area contributed by atoms with Crippen molar-refractivity contribution in [3.8, 4) is 11.5 Å². The van der Waals surface area contributed by atoms with Crippen LogP contribution in [0.2, 0.25) is 0 Å². The Balaban J connectivity index is 1.43. The van der Waals surface area contributed by atoms with Crippen molar-refractivity contribution in [2.24, 2.45) is 0 Å². The molecule has 0 spiro atoms. The minimum atomic E-state index is -4.89. The number of nitrogens with one attached hydrogen (secondary N) is 2. The Morgan fingerprint density at radius 3 is 2.24 bits per heavy atom. The zero-order valence-corrected chi connectivity index (χ0v) is 21.4. The second-order valence-electron chi connectivity index (χ2n) is 10.1. The van der Waals surface area contributed by atoms with Crippen LogP contribution in [0, 0.1) is 0 Å². The van der Waals surface area contributed by atoms with Gasteiger partial charge in [0.25, 0.3) is 5.91 Å². The maximum atomic E-state index is 13.6. The predicted molar refractivity (Wildman–Crippen MR) is 138 cm³/mol. The molecule has 0 radical (unpaired) electrons. The van der Waals surface area contributed by atoms with Gasteiger partial charge >= 0.3 is 12.2 Å². The lowest BCUT2D eigenvalue weighted by Crippen LogP contribution is -2.49. The van der Waals surface area contributed by atoms with Crippen LogP contribution < -0.4 is 15.5 Å². The monoisotopic (exact) mass is 529 g/mol. The molecule has 1 aliphatic rings. The lowest BCUT2D eigenvalue weighted by atomic mass is 10.1. The molecular weight excluding hydrogens is 499 g/mol. The Bertz CT molecular complexity index is 1270. The third kappa shape index (κ3) is 6.64. The lowest BCUT2D eigenvalue weighted by molar-refractivity contribution is -0.153. The van der Waals surface area contributed by atoms with Gasteiger partial charge < -0.3 is 24.9 Å². The van der Waals surface area contributed by atoms with E-state index in [0.717, 1.165) is 18.7 Å². The predicted octanol–water partition coefficient (Wildman–Crippen LogP) is 5.63. The van der Waals surface area contributed by atoms with Crippen molar-refractivity contribution in [1.29, 1.82) is 0 Å². The van der Waals surface area contributed by atoms with Crippen LogP contribution in [0.1, 0.15) is 43.4 Å². The summed E-state index contributed by atoms with van der Waals surface area (Å²) in [6.45, 7) is 8.35. The maximum absolute atomic E-state index is 13.6. The number of carbonyl (C=O) groups excluding carboxylic acids is 2. The van der Waals surface area contributed by atoms with Crippen LogP contribution >= 0.6 is 0 Å². The van der Waals surface area contributed by atoms with Crippen LogP contribution in [0.25, 0.3) is 11.5 Å². The number of carbonyl (C=O) groups is 2. The highest BCUT2D eigenvalue weighted by Crippen LogP contribution is 2.35. The molecule has 0 saturated carbocycles. The Labute approximate surface area is 218 Å². The van der Waals surface area contributed by atoms with Crippen LogP contribution in [0.5, 0.6) is 0 Å². The standard InChI is InChI=1S/C27H30F3N5O3/c1-26(2,3)33-25(37)35-15-7-14-34(16-17-35)20-12-10-19(11-13-20)31-23(36)21-22(27(28,29)30)38-24(32-21)18-8-5-4-6-9-18/h4-6,8-13H,7,14-17H2,1-3H3,(H,31,36)(H,33,37). The third-order valence-electron chi connectivity index (χ3n) is 5.88. The molecule has 3 aromatic rings. The van der Waals surface area contributed by atoms with E-state index in [4.69, 9.17) is 4.42 Å². The summed E-state index contributed by atoms with van der Waals surface area (Å²) in [6.07, 6.45) is -4.10. The van der Waals surface area contributed by atoms with Gasteiger partial charge in [-0.05, 0) is 63.6 Å². The highest BCUT2D eigenvalue weighted by Gasteiger charge is 2.42. The maximum Gasteiger partial charge on any atom is 0.452 e. The zero-order valence-electron chi connectivity index (χ0n) is 21.4. The summed E-state index contributed by atoms with van der Waals surface area (Å²) in [5.41, 5.74) is 0.371. The van der Waals surface area contributed by atoms with Crippen LogP contribution in [0.15, 0.2) is 59.0 Å². The molecule has 2 N–H and O–H groups in total. The summed E-state index contributed by atoms with van der Waals surface area (Å²) in [5.74, 6) is -2.76. The Hall–Kier alpha value is -4.02. The molecule has 4 rings (SSSR count). The Morgan fingerprint density at radius 1 is 0.921 bits per heavy atom. The molecule has 0 aliphatic carbocycles. The van der Waals surface area contributed by atoms with Crippen molar-refractivity contribution in [3.05, 3.63) is 66.1 Å². The van der Waals surface area contributed by atoms with Gasteiger partial charge in [0.2, 0.25) is 11.7 Å². The molecule has 0 unspecified atom stereocenters.